The molecule has 2 aliphatic rings. The summed E-state index contributed by atoms with van der Waals surface area (Å²) in [5.74, 6) is -0.295. The van der Waals surface area contributed by atoms with E-state index in [4.69, 9.17) is 0 Å². The van der Waals surface area contributed by atoms with Crippen molar-refractivity contribution in [2.75, 3.05) is 0 Å². The molecule has 2 amide bonds. The van der Waals surface area contributed by atoms with E-state index in [1.54, 1.807) is 12.2 Å². The number of rotatable bonds is 2. The number of nitrogens with zero attached hydrogens (tertiary/aromatic N) is 1. The minimum atomic E-state index is -0.195. The second-order valence-corrected chi connectivity index (χ2v) is 7.87. The largest absolute Gasteiger partial charge is 0.325 e. The van der Waals surface area contributed by atoms with Crippen LogP contribution in [0.15, 0.2) is 64.8 Å². The van der Waals surface area contributed by atoms with Gasteiger partial charge in [0.2, 0.25) is 5.91 Å². The smallest absolute Gasteiger partial charge is 0.250 e. The average molecular weight is 348 g/mol. The molecule has 0 radical (unpaired) electrons. The number of aliphatic imine (C=N–C) groups is 1. The van der Waals surface area contributed by atoms with E-state index in [2.05, 4.69) is 31.1 Å². The van der Waals surface area contributed by atoms with Crippen LogP contribution in [-0.4, -0.2) is 17.5 Å². The number of hydrogen-bond donors (Lipinski definition) is 1. The van der Waals surface area contributed by atoms with Crippen LogP contribution in [0.4, 0.5) is 0 Å². The van der Waals surface area contributed by atoms with Gasteiger partial charge in [0, 0.05) is 17.7 Å². The Balaban J connectivity index is 1.80. The molecule has 0 fully saturated rings. The van der Waals surface area contributed by atoms with Crippen LogP contribution in [0.5, 0.6) is 0 Å². The molecule has 0 aromatic heterocycles. The summed E-state index contributed by atoms with van der Waals surface area (Å²) >= 11 is 0. The minimum Gasteiger partial charge on any atom is -0.325 e. The first kappa shape index (κ1) is 18.1. The highest BCUT2D eigenvalue weighted by Crippen LogP contribution is 2.38. The van der Waals surface area contributed by atoms with Gasteiger partial charge in [-0.05, 0) is 35.6 Å². The number of benzene rings is 1. The zero-order valence-corrected chi connectivity index (χ0v) is 15.7. The Labute approximate surface area is 154 Å². The van der Waals surface area contributed by atoms with E-state index < -0.39 is 0 Å². The van der Waals surface area contributed by atoms with E-state index in [1.807, 2.05) is 43.3 Å². The summed E-state index contributed by atoms with van der Waals surface area (Å²) in [6.45, 7) is 8.29. The van der Waals surface area contributed by atoms with Gasteiger partial charge in [-0.15, -0.1) is 0 Å². The van der Waals surface area contributed by atoms with Crippen LogP contribution in [0.1, 0.15) is 31.9 Å². The van der Waals surface area contributed by atoms with Gasteiger partial charge in [0.25, 0.3) is 5.91 Å². The Morgan fingerprint density at radius 1 is 1.23 bits per heavy atom. The highest BCUT2D eigenvalue weighted by molar-refractivity contribution is 6.11. The van der Waals surface area contributed by atoms with Crippen LogP contribution in [0, 0.1) is 18.3 Å². The Bertz CT molecular complexity index is 880. The Hall–Kier alpha value is -2.75. The number of carbonyl (C=O) groups excluding carboxylic acids is 2. The fourth-order valence-corrected chi connectivity index (χ4v) is 3.32. The molecule has 1 unspecified atom stereocenters. The summed E-state index contributed by atoms with van der Waals surface area (Å²) in [5.41, 5.74) is 4.39. The molecule has 1 aliphatic heterocycles. The quantitative estimate of drug-likeness (QED) is 0.886. The number of amides is 2. The molecule has 1 aliphatic carbocycles. The first-order valence-corrected chi connectivity index (χ1v) is 8.82. The number of carbonyl (C=O) groups is 2. The molecule has 4 heteroatoms. The third kappa shape index (κ3) is 4.07. The lowest BCUT2D eigenvalue weighted by Gasteiger charge is -2.34. The molecule has 0 spiro atoms. The highest BCUT2D eigenvalue weighted by Gasteiger charge is 2.32. The van der Waals surface area contributed by atoms with Gasteiger partial charge in [-0.1, -0.05) is 56.7 Å². The molecule has 1 aromatic carbocycles. The predicted octanol–water partition coefficient (Wildman–Crippen LogP) is 3.68. The van der Waals surface area contributed by atoms with Crippen molar-refractivity contribution < 1.29 is 9.59 Å². The normalized spacial score (nSPS) is 21.0. The zero-order chi connectivity index (χ0) is 18.9. The molecule has 26 heavy (non-hydrogen) atoms. The first-order valence-electron chi connectivity index (χ1n) is 8.82. The lowest BCUT2D eigenvalue weighted by Crippen LogP contribution is -2.36. The molecular weight excluding hydrogens is 324 g/mol. The molecule has 1 heterocycles. The predicted molar refractivity (Wildman–Crippen MR) is 104 cm³/mol. The summed E-state index contributed by atoms with van der Waals surface area (Å²) in [6, 6.07) is 7.86. The number of nitrogens with one attached hydrogen (secondary N) is 1. The summed E-state index contributed by atoms with van der Waals surface area (Å²) in [6.07, 6.45) is 7.61. The molecule has 1 N–H and O–H groups in total. The Morgan fingerprint density at radius 2 is 2.00 bits per heavy atom. The topological polar surface area (TPSA) is 58.5 Å². The number of allylic oxidation sites excluding steroid dienone is 3. The van der Waals surface area contributed by atoms with Crippen LogP contribution in [-0.2, 0) is 16.0 Å². The fourth-order valence-electron chi connectivity index (χ4n) is 3.32. The van der Waals surface area contributed by atoms with Crippen molar-refractivity contribution in [3.63, 3.8) is 0 Å². The minimum absolute atomic E-state index is 0.0264. The van der Waals surface area contributed by atoms with Crippen molar-refractivity contribution in [1.29, 1.82) is 0 Å². The van der Waals surface area contributed by atoms with Gasteiger partial charge >= 0.3 is 0 Å². The summed E-state index contributed by atoms with van der Waals surface area (Å²) < 4.78 is 0. The fraction of sp³-hybridized carbons (Fsp3) is 0.318. The molecule has 134 valence electrons. The highest BCUT2D eigenvalue weighted by atomic mass is 16.2. The van der Waals surface area contributed by atoms with Crippen molar-refractivity contribution in [1.82, 2.24) is 5.32 Å². The number of hydrogen-bond acceptors (Lipinski definition) is 2. The maximum Gasteiger partial charge on any atom is 0.250 e. The first-order chi connectivity index (χ1) is 12.2. The van der Waals surface area contributed by atoms with E-state index in [-0.39, 0.29) is 29.6 Å². The molecular formula is C22H24N2O2. The van der Waals surface area contributed by atoms with Crippen LogP contribution in [0.25, 0.3) is 0 Å². The van der Waals surface area contributed by atoms with Gasteiger partial charge in [0.1, 0.15) is 0 Å². The molecule has 3 rings (SSSR count). The molecule has 1 aromatic rings. The second kappa shape index (κ2) is 6.87. The van der Waals surface area contributed by atoms with Crippen molar-refractivity contribution in [3.05, 3.63) is 71.0 Å². The summed E-state index contributed by atoms with van der Waals surface area (Å²) in [4.78, 5) is 28.5. The Kier molecular flexibility index (Phi) is 4.77. The zero-order valence-electron chi connectivity index (χ0n) is 15.7. The third-order valence-electron chi connectivity index (χ3n) is 4.54. The van der Waals surface area contributed by atoms with Crippen molar-refractivity contribution in [3.8, 4) is 0 Å². The summed E-state index contributed by atoms with van der Waals surface area (Å²) in [7, 11) is 0. The van der Waals surface area contributed by atoms with Crippen LogP contribution in [0.2, 0.25) is 0 Å². The third-order valence-corrected chi connectivity index (χ3v) is 4.54. The van der Waals surface area contributed by atoms with Gasteiger partial charge < -0.3 is 5.32 Å². The van der Waals surface area contributed by atoms with E-state index in [9.17, 15) is 9.59 Å². The van der Waals surface area contributed by atoms with E-state index in [0.717, 1.165) is 22.4 Å². The molecule has 0 saturated carbocycles. The molecule has 1 atom stereocenters. The van der Waals surface area contributed by atoms with Crippen LogP contribution >= 0.6 is 0 Å². The lowest BCUT2D eigenvalue weighted by molar-refractivity contribution is -0.117. The molecule has 0 saturated heterocycles. The van der Waals surface area contributed by atoms with Crippen molar-refractivity contribution in [2.24, 2.45) is 16.3 Å². The molecule has 0 bridgehead atoms. The Morgan fingerprint density at radius 3 is 2.69 bits per heavy atom. The van der Waals surface area contributed by atoms with Gasteiger partial charge in [-0.25, -0.2) is 4.99 Å². The summed E-state index contributed by atoms with van der Waals surface area (Å²) in [5, 5.41) is 2.88. The van der Waals surface area contributed by atoms with Gasteiger partial charge in [0.15, 0.2) is 0 Å². The number of fused-ring (bicyclic) bond motifs is 1. The van der Waals surface area contributed by atoms with Crippen molar-refractivity contribution >= 4 is 17.5 Å². The SMILES string of the molecule is Cc1cccc(CC(=O)N=C2C=CC3C(=C2)NC(=O)C=C3C(C)(C)C)c1. The van der Waals surface area contributed by atoms with Crippen LogP contribution < -0.4 is 5.32 Å². The van der Waals surface area contributed by atoms with E-state index >= 15 is 0 Å². The van der Waals surface area contributed by atoms with Crippen molar-refractivity contribution in [2.45, 2.75) is 34.1 Å². The molecule has 4 nitrogen and oxygen atoms in total. The lowest BCUT2D eigenvalue weighted by atomic mass is 9.74. The maximum absolute atomic E-state index is 12.3. The second-order valence-electron chi connectivity index (χ2n) is 7.87. The van der Waals surface area contributed by atoms with E-state index in [0.29, 0.717) is 5.71 Å². The van der Waals surface area contributed by atoms with E-state index in [1.165, 1.54) is 0 Å². The van der Waals surface area contributed by atoms with Crippen LogP contribution in [0.3, 0.4) is 0 Å². The monoisotopic (exact) mass is 348 g/mol. The standard InChI is InChI=1S/C22H24N2O2/c1-14-6-5-7-15(10-14)11-20(25)23-16-8-9-17-18(22(2,3)4)13-21(26)24-19(17)12-16/h5-10,12-13,17H,11H2,1-4H3,(H,24,26). The van der Waals surface area contributed by atoms with Gasteiger partial charge in [-0.2, -0.15) is 0 Å². The number of aryl methyl sites for hydroxylation is 1. The average Bonchev–Trinajstić information content (AvgIpc) is 2.52. The van der Waals surface area contributed by atoms with Gasteiger partial charge in [0.05, 0.1) is 12.1 Å². The maximum atomic E-state index is 12.3. The van der Waals surface area contributed by atoms with Gasteiger partial charge in [-0.3, -0.25) is 9.59 Å².